The molecular weight excluding hydrogens is 324 g/mol. The van der Waals surface area contributed by atoms with E-state index in [-0.39, 0.29) is 32.9 Å². The molecule has 0 amide bonds. The molecule has 18 N–H and O–H groups in total. The topological polar surface area (TPSA) is 261 Å². The minimum atomic E-state index is 0. The van der Waals surface area contributed by atoms with Crippen molar-refractivity contribution in [2.75, 3.05) is 78.5 Å². The maximum atomic E-state index is 3.41. The molecule has 0 spiro atoms. The summed E-state index contributed by atoms with van der Waals surface area (Å²) < 4.78 is 0. The molecule has 12 nitrogen and oxygen atoms in total. The third-order valence-electron chi connectivity index (χ3n) is 2.87. The van der Waals surface area contributed by atoms with Gasteiger partial charge in [0.15, 0.2) is 0 Å². The molecule has 0 aromatic rings. The SMILES string of the molecule is C1CNCCNCCNCCNCCNCCN1.O.O.O.O.O.O. The molecule has 0 atom stereocenters. The number of rotatable bonds is 0. The summed E-state index contributed by atoms with van der Waals surface area (Å²) in [4.78, 5) is 0. The van der Waals surface area contributed by atoms with Gasteiger partial charge in [-0.05, 0) is 0 Å². The second kappa shape index (κ2) is 34.0. The van der Waals surface area contributed by atoms with E-state index in [1.165, 1.54) is 0 Å². The summed E-state index contributed by atoms with van der Waals surface area (Å²) in [5, 5.41) is 20.5. The second-order valence-electron chi connectivity index (χ2n) is 4.50. The van der Waals surface area contributed by atoms with Gasteiger partial charge in [0, 0.05) is 78.5 Å². The molecular formula is C12H42N6O6. The molecule has 0 saturated carbocycles. The Balaban J connectivity index is -0.000000135. The first-order valence-electron chi connectivity index (χ1n) is 7.24. The molecule has 0 aliphatic carbocycles. The van der Waals surface area contributed by atoms with Gasteiger partial charge in [-0.3, -0.25) is 0 Å². The molecule has 0 radical (unpaired) electrons. The van der Waals surface area contributed by atoms with Crippen molar-refractivity contribution in [1.29, 1.82) is 0 Å². The van der Waals surface area contributed by atoms with Crippen LogP contribution >= 0.6 is 0 Å². The molecule has 156 valence electrons. The van der Waals surface area contributed by atoms with Gasteiger partial charge in [-0.15, -0.1) is 0 Å². The van der Waals surface area contributed by atoms with Gasteiger partial charge in [-0.2, -0.15) is 0 Å². The highest BCUT2D eigenvalue weighted by atomic mass is 16.0. The standard InChI is InChI=1S/C12H30N6.6H2O/c1-2-14-5-6-16-9-10-18-12-11-17-8-7-15-4-3-13-1;;;;;;/h13-18H,1-12H2;6*1H2. The lowest BCUT2D eigenvalue weighted by molar-refractivity contribution is 0.534. The van der Waals surface area contributed by atoms with Crippen molar-refractivity contribution >= 4 is 0 Å². The van der Waals surface area contributed by atoms with Crippen LogP contribution in [-0.2, 0) is 0 Å². The maximum absolute atomic E-state index is 3.41. The fraction of sp³-hybridized carbons (Fsp3) is 1.00. The Kier molecular flexibility index (Phi) is 55.0. The predicted molar refractivity (Wildman–Crippen MR) is 98.9 cm³/mol. The molecule has 0 aromatic heterocycles. The van der Waals surface area contributed by atoms with Gasteiger partial charge in [0.2, 0.25) is 0 Å². The third-order valence-corrected chi connectivity index (χ3v) is 2.87. The molecule has 1 rings (SSSR count). The number of hydrogen-bond donors (Lipinski definition) is 6. The van der Waals surface area contributed by atoms with E-state index in [9.17, 15) is 0 Å². The van der Waals surface area contributed by atoms with E-state index in [0.717, 1.165) is 78.5 Å². The van der Waals surface area contributed by atoms with Gasteiger partial charge < -0.3 is 64.8 Å². The third kappa shape index (κ3) is 29.5. The van der Waals surface area contributed by atoms with Gasteiger partial charge in [0.05, 0.1) is 0 Å². The summed E-state index contributed by atoms with van der Waals surface area (Å²) in [5.41, 5.74) is 0. The van der Waals surface area contributed by atoms with Crippen molar-refractivity contribution < 1.29 is 32.9 Å². The van der Waals surface area contributed by atoms with Gasteiger partial charge in [-0.1, -0.05) is 0 Å². The Bertz CT molecular complexity index is 111. The van der Waals surface area contributed by atoms with Crippen LogP contribution in [0.3, 0.4) is 0 Å². The Morgan fingerprint density at radius 3 is 0.375 bits per heavy atom. The molecule has 0 unspecified atom stereocenters. The first-order valence-corrected chi connectivity index (χ1v) is 7.24. The van der Waals surface area contributed by atoms with Crippen LogP contribution in [0.1, 0.15) is 0 Å². The Morgan fingerprint density at radius 1 is 0.208 bits per heavy atom. The number of hydrogen-bond acceptors (Lipinski definition) is 6. The smallest absolute Gasteiger partial charge is 0.00772 e. The van der Waals surface area contributed by atoms with E-state index in [1.807, 2.05) is 0 Å². The van der Waals surface area contributed by atoms with E-state index >= 15 is 0 Å². The second-order valence-corrected chi connectivity index (χ2v) is 4.50. The molecule has 12 heteroatoms. The predicted octanol–water partition coefficient (Wildman–Crippen LogP) is -7.41. The minimum Gasteiger partial charge on any atom is -0.412 e. The monoisotopic (exact) mass is 366 g/mol. The lowest BCUT2D eigenvalue weighted by atomic mass is 10.4. The van der Waals surface area contributed by atoms with Crippen molar-refractivity contribution in [3.63, 3.8) is 0 Å². The minimum absolute atomic E-state index is 0. The van der Waals surface area contributed by atoms with Gasteiger partial charge >= 0.3 is 0 Å². The zero-order chi connectivity index (χ0) is 12.7. The fourth-order valence-corrected chi connectivity index (χ4v) is 1.81. The van der Waals surface area contributed by atoms with Crippen LogP contribution in [0.15, 0.2) is 0 Å². The van der Waals surface area contributed by atoms with Crippen LogP contribution in [0.4, 0.5) is 0 Å². The lowest BCUT2D eigenvalue weighted by Gasteiger charge is -2.11. The Morgan fingerprint density at radius 2 is 0.292 bits per heavy atom. The molecule has 1 aliphatic rings. The summed E-state index contributed by atoms with van der Waals surface area (Å²) in [5.74, 6) is 0. The normalized spacial score (nSPS) is 18.0. The van der Waals surface area contributed by atoms with Gasteiger partial charge in [-0.25, -0.2) is 0 Å². The van der Waals surface area contributed by atoms with E-state index in [2.05, 4.69) is 31.9 Å². The summed E-state index contributed by atoms with van der Waals surface area (Å²) >= 11 is 0. The zero-order valence-corrected chi connectivity index (χ0v) is 14.5. The van der Waals surface area contributed by atoms with E-state index in [1.54, 1.807) is 0 Å². The van der Waals surface area contributed by atoms with Crippen LogP contribution in [0, 0.1) is 0 Å². The Hall–Kier alpha value is -0.480. The highest BCUT2D eigenvalue weighted by Gasteiger charge is 1.92. The van der Waals surface area contributed by atoms with Crippen LogP contribution in [0.25, 0.3) is 0 Å². The van der Waals surface area contributed by atoms with Gasteiger partial charge in [0.25, 0.3) is 0 Å². The summed E-state index contributed by atoms with van der Waals surface area (Å²) in [6, 6.07) is 0. The van der Waals surface area contributed by atoms with Crippen molar-refractivity contribution in [2.45, 2.75) is 0 Å². The lowest BCUT2D eigenvalue weighted by Crippen LogP contribution is -2.39. The molecule has 1 heterocycles. The number of nitrogens with one attached hydrogen (secondary N) is 6. The quantitative estimate of drug-likeness (QED) is 0.242. The van der Waals surface area contributed by atoms with Crippen LogP contribution in [-0.4, -0.2) is 111 Å². The van der Waals surface area contributed by atoms with E-state index in [4.69, 9.17) is 0 Å². The van der Waals surface area contributed by atoms with Gasteiger partial charge in [0.1, 0.15) is 0 Å². The van der Waals surface area contributed by atoms with Crippen molar-refractivity contribution in [3.05, 3.63) is 0 Å². The average molecular weight is 367 g/mol. The molecule has 1 saturated heterocycles. The maximum Gasteiger partial charge on any atom is 0.00772 e. The summed E-state index contributed by atoms with van der Waals surface area (Å²) in [6.07, 6.45) is 0. The van der Waals surface area contributed by atoms with E-state index < -0.39 is 0 Å². The molecule has 24 heavy (non-hydrogen) atoms. The zero-order valence-electron chi connectivity index (χ0n) is 14.5. The first-order chi connectivity index (χ1) is 9.00. The van der Waals surface area contributed by atoms with Crippen molar-refractivity contribution in [3.8, 4) is 0 Å². The van der Waals surface area contributed by atoms with Crippen LogP contribution in [0.2, 0.25) is 0 Å². The largest absolute Gasteiger partial charge is 0.412 e. The molecule has 1 aliphatic heterocycles. The Labute approximate surface area is 144 Å². The highest BCUT2D eigenvalue weighted by Crippen LogP contribution is 1.66. The van der Waals surface area contributed by atoms with Crippen molar-refractivity contribution in [1.82, 2.24) is 31.9 Å². The average Bonchev–Trinajstić information content (AvgIpc) is 2.39. The van der Waals surface area contributed by atoms with Crippen LogP contribution < -0.4 is 31.9 Å². The first kappa shape index (κ1) is 38.9. The highest BCUT2D eigenvalue weighted by molar-refractivity contribution is 4.60. The molecule has 0 aromatic carbocycles. The fourth-order valence-electron chi connectivity index (χ4n) is 1.81. The van der Waals surface area contributed by atoms with E-state index in [0.29, 0.717) is 0 Å². The molecule has 0 bridgehead atoms. The van der Waals surface area contributed by atoms with Crippen molar-refractivity contribution in [2.24, 2.45) is 0 Å². The van der Waals surface area contributed by atoms with Crippen LogP contribution in [0.5, 0.6) is 0 Å². The summed E-state index contributed by atoms with van der Waals surface area (Å²) in [7, 11) is 0. The summed E-state index contributed by atoms with van der Waals surface area (Å²) in [6.45, 7) is 12.5. The molecule has 1 fully saturated rings.